The Labute approximate surface area is 223 Å². The zero-order chi connectivity index (χ0) is 26.9. The highest BCUT2D eigenvalue weighted by Crippen LogP contribution is 2.30. The summed E-state index contributed by atoms with van der Waals surface area (Å²) in [7, 11) is -3.50. The molecule has 5 rings (SSSR count). The lowest BCUT2D eigenvalue weighted by atomic mass is 9.93. The Morgan fingerprint density at radius 3 is 2.55 bits per heavy atom. The van der Waals surface area contributed by atoms with E-state index in [2.05, 4.69) is 42.6 Å². The Bertz CT molecular complexity index is 1480. The summed E-state index contributed by atoms with van der Waals surface area (Å²) in [6.07, 6.45) is 7.48. The molecule has 1 saturated heterocycles. The minimum atomic E-state index is -3.50. The molecule has 9 nitrogen and oxygen atoms in total. The van der Waals surface area contributed by atoms with E-state index in [-0.39, 0.29) is 17.0 Å². The molecule has 1 aromatic carbocycles. The van der Waals surface area contributed by atoms with Crippen LogP contribution in [0.3, 0.4) is 0 Å². The molecular formula is C28H32N6O3S. The van der Waals surface area contributed by atoms with Gasteiger partial charge in [0, 0.05) is 36.5 Å². The molecule has 2 aliphatic heterocycles. The van der Waals surface area contributed by atoms with Crippen molar-refractivity contribution in [3.05, 3.63) is 66.1 Å². The molecule has 38 heavy (non-hydrogen) atoms. The molecule has 3 aromatic rings. The van der Waals surface area contributed by atoms with Crippen LogP contribution in [0.15, 0.2) is 65.0 Å². The average molecular weight is 533 g/mol. The first-order valence-corrected chi connectivity index (χ1v) is 14.4. The number of carbonyl (C=O) groups excluding carboxylic acids is 1. The third-order valence-corrected chi connectivity index (χ3v) is 9.13. The van der Waals surface area contributed by atoms with Crippen molar-refractivity contribution >= 4 is 32.8 Å². The zero-order valence-corrected chi connectivity index (χ0v) is 22.6. The van der Waals surface area contributed by atoms with Crippen LogP contribution in [0.25, 0.3) is 11.1 Å². The number of carbonyl (C=O) groups is 1. The molecule has 0 saturated carbocycles. The van der Waals surface area contributed by atoms with E-state index >= 15 is 0 Å². The first-order valence-electron chi connectivity index (χ1n) is 12.9. The molecule has 0 radical (unpaired) electrons. The van der Waals surface area contributed by atoms with Gasteiger partial charge in [-0.05, 0) is 69.0 Å². The summed E-state index contributed by atoms with van der Waals surface area (Å²) >= 11 is 0. The summed E-state index contributed by atoms with van der Waals surface area (Å²) in [6, 6.07) is 11.2. The van der Waals surface area contributed by atoms with E-state index in [4.69, 9.17) is 0 Å². The fourth-order valence-electron chi connectivity index (χ4n) is 4.76. The van der Waals surface area contributed by atoms with Crippen molar-refractivity contribution in [1.29, 1.82) is 0 Å². The lowest BCUT2D eigenvalue weighted by Gasteiger charge is -2.19. The topological polar surface area (TPSA) is 117 Å². The maximum atomic E-state index is 13.4. The monoisotopic (exact) mass is 532 g/mol. The largest absolute Gasteiger partial charge is 0.370 e. The molecule has 2 N–H and O–H groups in total. The van der Waals surface area contributed by atoms with E-state index in [1.807, 2.05) is 31.5 Å². The molecule has 2 aromatic heterocycles. The number of aliphatic imine (C=N–C) groups is 1. The van der Waals surface area contributed by atoms with Crippen molar-refractivity contribution in [3.63, 3.8) is 0 Å². The van der Waals surface area contributed by atoms with Gasteiger partial charge in [-0.2, -0.15) is 0 Å². The van der Waals surface area contributed by atoms with E-state index in [9.17, 15) is 13.2 Å². The second kappa shape index (κ2) is 10.6. The third kappa shape index (κ3) is 5.19. The summed E-state index contributed by atoms with van der Waals surface area (Å²) in [5.74, 6) is -0.385. The fraction of sp³-hybridized carbons (Fsp3) is 0.357. The molecule has 2 aliphatic rings. The Kier molecular flexibility index (Phi) is 7.27. The highest BCUT2D eigenvalue weighted by Gasteiger charge is 2.25. The minimum Gasteiger partial charge on any atom is -0.370 e. The van der Waals surface area contributed by atoms with Gasteiger partial charge in [-0.1, -0.05) is 12.1 Å². The highest BCUT2D eigenvalue weighted by molar-refractivity contribution is 7.91. The van der Waals surface area contributed by atoms with Crippen molar-refractivity contribution in [3.8, 4) is 11.1 Å². The van der Waals surface area contributed by atoms with Crippen molar-refractivity contribution < 1.29 is 13.2 Å². The standard InChI is InChI=1S/C28H32N6O3S/c1-18(2)38(36,37)26-9-7-22(15-30-26)33-28(35)27-25-13-20(6-8-24(25)19(3)31-17-32-27)21-12-23(16-29-14-21)34-10-4-5-11-34/h6-9,12-16,18-19,31H,4-5,10-11,17H2,1-3H3,(H,33,35)/t19-/m1/s1. The Morgan fingerprint density at radius 1 is 1.05 bits per heavy atom. The number of nitrogens with one attached hydrogen (secondary N) is 2. The number of hydrogen-bond donors (Lipinski definition) is 2. The van der Waals surface area contributed by atoms with Crippen molar-refractivity contribution in [2.45, 2.75) is 49.9 Å². The summed E-state index contributed by atoms with van der Waals surface area (Å²) in [5, 5.41) is 5.56. The smallest absolute Gasteiger partial charge is 0.274 e. The second-order valence-corrected chi connectivity index (χ2v) is 12.4. The lowest BCUT2D eigenvalue weighted by molar-refractivity contribution is -0.110. The predicted octanol–water partition coefficient (Wildman–Crippen LogP) is 3.98. The SMILES string of the molecule is CC(C)S(=O)(=O)c1ccc(NC(=O)C2=NCN[C@H](C)c3ccc(-c4cncc(N5CCCC5)c4)cc32)cn1. The molecule has 1 amide bonds. The molecule has 198 valence electrons. The van der Waals surface area contributed by atoms with Crippen LogP contribution in [0.5, 0.6) is 0 Å². The molecular weight excluding hydrogens is 500 g/mol. The van der Waals surface area contributed by atoms with E-state index in [1.54, 1.807) is 19.9 Å². The number of hydrogen-bond acceptors (Lipinski definition) is 8. The Balaban J connectivity index is 1.44. The Morgan fingerprint density at radius 2 is 1.84 bits per heavy atom. The molecule has 1 fully saturated rings. The van der Waals surface area contributed by atoms with Crippen LogP contribution in [0, 0.1) is 0 Å². The normalized spacial score (nSPS) is 17.6. The number of rotatable bonds is 6. The van der Waals surface area contributed by atoms with Gasteiger partial charge in [0.1, 0.15) is 5.71 Å². The van der Waals surface area contributed by atoms with Crippen LogP contribution in [-0.2, 0) is 14.6 Å². The summed E-state index contributed by atoms with van der Waals surface area (Å²) < 4.78 is 24.8. The van der Waals surface area contributed by atoms with E-state index in [0.29, 0.717) is 18.1 Å². The molecule has 0 spiro atoms. The average Bonchev–Trinajstić information content (AvgIpc) is 3.41. The van der Waals surface area contributed by atoms with Gasteiger partial charge in [-0.15, -0.1) is 0 Å². The number of amides is 1. The van der Waals surface area contributed by atoms with Gasteiger partial charge in [-0.25, -0.2) is 13.4 Å². The van der Waals surface area contributed by atoms with E-state index in [0.717, 1.165) is 41.0 Å². The van der Waals surface area contributed by atoms with Crippen LogP contribution < -0.4 is 15.5 Å². The lowest BCUT2D eigenvalue weighted by Crippen LogP contribution is -2.25. The molecule has 4 heterocycles. The number of nitrogens with zero attached hydrogens (tertiary/aromatic N) is 4. The summed E-state index contributed by atoms with van der Waals surface area (Å²) in [5.41, 5.74) is 5.46. The molecule has 0 aliphatic carbocycles. The van der Waals surface area contributed by atoms with Gasteiger partial charge in [0.2, 0.25) is 0 Å². The number of sulfone groups is 1. The van der Waals surface area contributed by atoms with Gasteiger partial charge in [0.05, 0.1) is 35.7 Å². The van der Waals surface area contributed by atoms with Crippen molar-refractivity contribution in [2.24, 2.45) is 4.99 Å². The van der Waals surface area contributed by atoms with Gasteiger partial charge in [0.15, 0.2) is 14.9 Å². The van der Waals surface area contributed by atoms with E-state index < -0.39 is 15.1 Å². The number of fused-ring (bicyclic) bond motifs is 1. The fourth-order valence-corrected chi connectivity index (χ4v) is 5.70. The van der Waals surface area contributed by atoms with Crippen LogP contribution in [-0.4, -0.2) is 55.0 Å². The van der Waals surface area contributed by atoms with Gasteiger partial charge in [-0.3, -0.25) is 20.1 Å². The first kappa shape index (κ1) is 26.0. The Hall–Kier alpha value is -3.63. The number of pyridine rings is 2. The van der Waals surface area contributed by atoms with Gasteiger partial charge in [0.25, 0.3) is 5.91 Å². The van der Waals surface area contributed by atoms with Crippen LogP contribution in [0.4, 0.5) is 11.4 Å². The van der Waals surface area contributed by atoms with Crippen LogP contribution in [0.1, 0.15) is 50.8 Å². The van der Waals surface area contributed by atoms with E-state index in [1.165, 1.54) is 25.1 Å². The summed E-state index contributed by atoms with van der Waals surface area (Å²) in [6.45, 7) is 7.63. The quantitative estimate of drug-likeness (QED) is 0.493. The maximum absolute atomic E-state index is 13.4. The number of anilines is 2. The predicted molar refractivity (Wildman–Crippen MR) is 149 cm³/mol. The first-order chi connectivity index (χ1) is 18.2. The highest BCUT2D eigenvalue weighted by atomic mass is 32.2. The molecule has 0 bridgehead atoms. The van der Waals surface area contributed by atoms with Crippen LogP contribution in [0.2, 0.25) is 0 Å². The summed E-state index contributed by atoms with van der Waals surface area (Å²) in [4.78, 5) is 28.9. The van der Waals surface area contributed by atoms with Crippen molar-refractivity contribution in [2.75, 3.05) is 30.0 Å². The molecule has 10 heteroatoms. The van der Waals surface area contributed by atoms with Crippen molar-refractivity contribution in [1.82, 2.24) is 15.3 Å². The number of aromatic nitrogens is 2. The zero-order valence-electron chi connectivity index (χ0n) is 21.8. The van der Waals surface area contributed by atoms with Gasteiger partial charge < -0.3 is 10.2 Å². The van der Waals surface area contributed by atoms with Gasteiger partial charge >= 0.3 is 0 Å². The number of benzene rings is 1. The molecule has 1 atom stereocenters. The maximum Gasteiger partial charge on any atom is 0.274 e. The van der Waals surface area contributed by atoms with Crippen LogP contribution >= 0.6 is 0 Å². The third-order valence-electron chi connectivity index (χ3n) is 7.06. The molecule has 0 unspecified atom stereocenters. The minimum absolute atomic E-state index is 0.00403. The second-order valence-electron chi connectivity index (χ2n) is 9.95.